The average molecular weight is 294 g/mol. The Bertz CT molecular complexity index is 500. The van der Waals surface area contributed by atoms with Crippen molar-refractivity contribution in [2.24, 2.45) is 0 Å². The summed E-state index contributed by atoms with van der Waals surface area (Å²) in [5, 5.41) is 5.29. The third-order valence-corrected chi connectivity index (χ3v) is 2.79. The number of benzene rings is 1. The molecule has 0 atom stereocenters. The lowest BCUT2D eigenvalue weighted by Gasteiger charge is -2.05. The molecule has 1 rings (SSSR count). The van der Waals surface area contributed by atoms with Crippen LogP contribution in [0, 0.1) is 5.82 Å². The minimum absolute atomic E-state index is 0.0865. The second-order valence-corrected chi connectivity index (χ2v) is 4.62. The highest BCUT2D eigenvalue weighted by Crippen LogP contribution is 2.07. The highest BCUT2D eigenvalue weighted by molar-refractivity contribution is 5.97. The van der Waals surface area contributed by atoms with Gasteiger partial charge in [0, 0.05) is 38.4 Å². The van der Waals surface area contributed by atoms with E-state index in [1.807, 2.05) is 0 Å². The third-order valence-electron chi connectivity index (χ3n) is 2.79. The smallest absolute Gasteiger partial charge is 0.220 e. The van der Waals surface area contributed by atoms with Crippen LogP contribution in [0.25, 0.3) is 0 Å². The molecule has 0 bridgehead atoms. The van der Waals surface area contributed by atoms with E-state index >= 15 is 0 Å². The SMILES string of the molecule is CC(=O)NCCCNC(=O)CCC(=O)c1ccc(F)cc1. The molecule has 21 heavy (non-hydrogen) atoms. The fourth-order valence-corrected chi connectivity index (χ4v) is 1.68. The molecule has 1 aromatic rings. The molecule has 0 fully saturated rings. The van der Waals surface area contributed by atoms with Gasteiger partial charge in [-0.15, -0.1) is 0 Å². The molecule has 0 heterocycles. The van der Waals surface area contributed by atoms with E-state index < -0.39 is 5.82 Å². The Morgan fingerprint density at radius 2 is 1.62 bits per heavy atom. The lowest BCUT2D eigenvalue weighted by molar-refractivity contribution is -0.121. The molecular weight excluding hydrogens is 275 g/mol. The molecule has 114 valence electrons. The average Bonchev–Trinajstić information content (AvgIpc) is 2.44. The summed E-state index contributed by atoms with van der Waals surface area (Å²) >= 11 is 0. The Morgan fingerprint density at radius 1 is 1.00 bits per heavy atom. The normalized spacial score (nSPS) is 10.0. The molecule has 0 aliphatic rings. The summed E-state index contributed by atoms with van der Waals surface area (Å²) < 4.78 is 12.7. The van der Waals surface area contributed by atoms with Crippen LogP contribution >= 0.6 is 0 Å². The number of amides is 2. The quantitative estimate of drug-likeness (QED) is 0.562. The van der Waals surface area contributed by atoms with Crippen LogP contribution in [0.15, 0.2) is 24.3 Å². The summed E-state index contributed by atoms with van der Waals surface area (Å²) in [6.07, 6.45) is 0.816. The Hall–Kier alpha value is -2.24. The van der Waals surface area contributed by atoms with Crippen LogP contribution in [-0.2, 0) is 9.59 Å². The number of ketones is 1. The topological polar surface area (TPSA) is 75.3 Å². The number of nitrogens with one attached hydrogen (secondary N) is 2. The molecule has 2 N–H and O–H groups in total. The van der Waals surface area contributed by atoms with Crippen molar-refractivity contribution in [3.8, 4) is 0 Å². The summed E-state index contributed by atoms with van der Waals surface area (Å²) in [6.45, 7) is 2.38. The number of carbonyl (C=O) groups is 3. The van der Waals surface area contributed by atoms with Gasteiger partial charge < -0.3 is 10.6 Å². The second kappa shape index (κ2) is 8.84. The van der Waals surface area contributed by atoms with E-state index in [0.717, 1.165) is 0 Å². The largest absolute Gasteiger partial charge is 0.356 e. The lowest BCUT2D eigenvalue weighted by Crippen LogP contribution is -2.28. The second-order valence-electron chi connectivity index (χ2n) is 4.62. The molecule has 0 aromatic heterocycles. The van der Waals surface area contributed by atoms with Gasteiger partial charge in [0.1, 0.15) is 5.82 Å². The van der Waals surface area contributed by atoms with Crippen molar-refractivity contribution in [1.82, 2.24) is 10.6 Å². The van der Waals surface area contributed by atoms with E-state index in [-0.39, 0.29) is 30.4 Å². The summed E-state index contributed by atoms with van der Waals surface area (Å²) in [4.78, 5) is 33.9. The van der Waals surface area contributed by atoms with E-state index in [0.29, 0.717) is 25.1 Å². The number of hydrogen-bond acceptors (Lipinski definition) is 3. The monoisotopic (exact) mass is 294 g/mol. The minimum Gasteiger partial charge on any atom is -0.356 e. The zero-order chi connectivity index (χ0) is 15.7. The Kier molecular flexibility index (Phi) is 7.08. The van der Waals surface area contributed by atoms with Crippen LogP contribution in [0.3, 0.4) is 0 Å². The first-order valence-electron chi connectivity index (χ1n) is 6.79. The van der Waals surface area contributed by atoms with Gasteiger partial charge in [0.05, 0.1) is 0 Å². The molecule has 0 saturated heterocycles. The predicted molar refractivity (Wildman–Crippen MR) is 76.3 cm³/mol. The van der Waals surface area contributed by atoms with Gasteiger partial charge in [0.15, 0.2) is 5.78 Å². The Morgan fingerprint density at radius 3 is 2.24 bits per heavy atom. The van der Waals surface area contributed by atoms with Crippen LogP contribution in [0.2, 0.25) is 0 Å². The minimum atomic E-state index is -0.400. The van der Waals surface area contributed by atoms with Crippen LogP contribution in [0.5, 0.6) is 0 Å². The summed E-state index contributed by atoms with van der Waals surface area (Å²) in [5.74, 6) is -0.911. The molecule has 0 spiro atoms. The first-order chi connectivity index (χ1) is 9.99. The van der Waals surface area contributed by atoms with Crippen molar-refractivity contribution >= 4 is 17.6 Å². The number of Topliss-reactive ketones (excluding diaryl/α,β-unsaturated/α-hetero) is 1. The molecule has 0 radical (unpaired) electrons. The zero-order valence-corrected chi connectivity index (χ0v) is 11.9. The highest BCUT2D eigenvalue weighted by Gasteiger charge is 2.09. The van der Waals surface area contributed by atoms with E-state index in [1.54, 1.807) is 0 Å². The van der Waals surface area contributed by atoms with E-state index in [4.69, 9.17) is 0 Å². The van der Waals surface area contributed by atoms with Crippen molar-refractivity contribution in [2.45, 2.75) is 26.2 Å². The van der Waals surface area contributed by atoms with Crippen molar-refractivity contribution < 1.29 is 18.8 Å². The van der Waals surface area contributed by atoms with Gasteiger partial charge in [-0.2, -0.15) is 0 Å². The highest BCUT2D eigenvalue weighted by atomic mass is 19.1. The van der Waals surface area contributed by atoms with Gasteiger partial charge >= 0.3 is 0 Å². The molecule has 0 saturated carbocycles. The molecular formula is C15H19FN2O3. The number of carbonyl (C=O) groups excluding carboxylic acids is 3. The van der Waals surface area contributed by atoms with Crippen molar-refractivity contribution in [3.05, 3.63) is 35.6 Å². The first-order valence-corrected chi connectivity index (χ1v) is 6.79. The number of halogens is 1. The zero-order valence-electron chi connectivity index (χ0n) is 11.9. The molecule has 2 amide bonds. The van der Waals surface area contributed by atoms with Crippen molar-refractivity contribution in [1.29, 1.82) is 0 Å². The fraction of sp³-hybridized carbons (Fsp3) is 0.400. The van der Waals surface area contributed by atoms with E-state index in [9.17, 15) is 18.8 Å². The Labute approximate surface area is 122 Å². The maximum Gasteiger partial charge on any atom is 0.220 e. The van der Waals surface area contributed by atoms with Crippen LogP contribution in [0.4, 0.5) is 4.39 Å². The molecule has 5 nitrogen and oxygen atoms in total. The van der Waals surface area contributed by atoms with Crippen molar-refractivity contribution in [2.75, 3.05) is 13.1 Å². The summed E-state index contributed by atoms with van der Waals surface area (Å²) in [6, 6.07) is 5.25. The van der Waals surface area contributed by atoms with E-state index in [2.05, 4.69) is 10.6 Å². The molecule has 0 unspecified atom stereocenters. The number of hydrogen-bond donors (Lipinski definition) is 2. The van der Waals surface area contributed by atoms with Gasteiger partial charge in [0.25, 0.3) is 0 Å². The molecule has 0 aliphatic heterocycles. The van der Waals surface area contributed by atoms with Gasteiger partial charge in [-0.1, -0.05) is 0 Å². The van der Waals surface area contributed by atoms with Crippen LogP contribution < -0.4 is 10.6 Å². The van der Waals surface area contributed by atoms with Gasteiger partial charge in [-0.3, -0.25) is 14.4 Å². The van der Waals surface area contributed by atoms with Gasteiger partial charge in [-0.05, 0) is 30.7 Å². The van der Waals surface area contributed by atoms with Gasteiger partial charge in [-0.25, -0.2) is 4.39 Å². The van der Waals surface area contributed by atoms with Crippen LogP contribution in [-0.4, -0.2) is 30.7 Å². The molecule has 1 aromatic carbocycles. The fourth-order valence-electron chi connectivity index (χ4n) is 1.68. The maximum absolute atomic E-state index is 12.7. The predicted octanol–water partition coefficient (Wildman–Crippen LogP) is 1.43. The van der Waals surface area contributed by atoms with Crippen molar-refractivity contribution in [3.63, 3.8) is 0 Å². The van der Waals surface area contributed by atoms with Crippen LogP contribution in [0.1, 0.15) is 36.5 Å². The Balaban J connectivity index is 2.19. The van der Waals surface area contributed by atoms with E-state index in [1.165, 1.54) is 31.2 Å². The summed E-state index contributed by atoms with van der Waals surface area (Å²) in [5.41, 5.74) is 0.398. The number of rotatable bonds is 8. The molecule has 0 aliphatic carbocycles. The summed E-state index contributed by atoms with van der Waals surface area (Å²) in [7, 11) is 0. The third kappa shape index (κ3) is 7.20. The maximum atomic E-state index is 12.7. The molecule has 6 heteroatoms. The standard InChI is InChI=1S/C15H19FN2O3/c1-11(19)17-9-2-10-18-15(21)8-7-14(20)12-3-5-13(16)6-4-12/h3-6H,2,7-10H2,1H3,(H,17,19)(H,18,21). The first kappa shape index (κ1) is 16.8. The van der Waals surface area contributed by atoms with Gasteiger partial charge in [0.2, 0.25) is 11.8 Å². The lowest BCUT2D eigenvalue weighted by atomic mass is 10.1.